The van der Waals surface area contributed by atoms with Gasteiger partial charge in [-0.05, 0) is 25.0 Å². The van der Waals surface area contributed by atoms with E-state index in [1.165, 1.54) is 16.7 Å². The first-order valence-corrected chi connectivity index (χ1v) is 6.28. The zero-order chi connectivity index (χ0) is 13.1. The van der Waals surface area contributed by atoms with Gasteiger partial charge >= 0.3 is 0 Å². The topological polar surface area (TPSA) is 32.3 Å². The molecule has 1 saturated heterocycles. The van der Waals surface area contributed by atoms with Crippen LogP contribution in [0.5, 0.6) is 0 Å². The van der Waals surface area contributed by atoms with E-state index in [0.29, 0.717) is 6.54 Å². The first kappa shape index (κ1) is 12.8. The highest BCUT2D eigenvalue weighted by atomic mass is 16.2. The number of carbonyl (C=O) groups excluding carboxylic acids is 1. The van der Waals surface area contributed by atoms with Gasteiger partial charge in [0.05, 0.1) is 0 Å². The molecule has 1 heterocycles. The quantitative estimate of drug-likeness (QED) is 0.823. The number of carbonyl (C=O) groups is 1. The largest absolute Gasteiger partial charge is 0.338 e. The van der Waals surface area contributed by atoms with Crippen molar-refractivity contribution in [2.45, 2.75) is 20.4 Å². The second-order valence-corrected chi connectivity index (χ2v) is 4.98. The van der Waals surface area contributed by atoms with Crippen LogP contribution in [0.2, 0.25) is 0 Å². The fourth-order valence-corrected chi connectivity index (χ4v) is 1.99. The second-order valence-electron chi connectivity index (χ2n) is 4.98. The molecule has 3 heteroatoms. The number of aryl methyl sites for hydroxylation is 1. The van der Waals surface area contributed by atoms with Gasteiger partial charge in [-0.3, -0.25) is 4.79 Å². The van der Waals surface area contributed by atoms with E-state index in [1.54, 1.807) is 4.90 Å². The fraction of sp³-hybridized carbons (Fsp3) is 0.400. The van der Waals surface area contributed by atoms with Crippen LogP contribution in [-0.2, 0) is 11.3 Å². The maximum absolute atomic E-state index is 12.2. The van der Waals surface area contributed by atoms with Crippen molar-refractivity contribution in [1.29, 1.82) is 0 Å². The van der Waals surface area contributed by atoms with Crippen LogP contribution in [-0.4, -0.2) is 30.9 Å². The van der Waals surface area contributed by atoms with Gasteiger partial charge in [0.1, 0.15) is 0 Å². The average molecular weight is 244 g/mol. The number of likely N-dealkylation sites (N-methyl/N-ethyl adjacent to an activating group) is 1. The third-order valence-corrected chi connectivity index (χ3v) is 3.41. The van der Waals surface area contributed by atoms with Gasteiger partial charge in [0.15, 0.2) is 0 Å². The van der Waals surface area contributed by atoms with Crippen LogP contribution in [0.25, 0.3) is 0 Å². The minimum atomic E-state index is 0.132. The summed E-state index contributed by atoms with van der Waals surface area (Å²) >= 11 is 0. The molecule has 1 aromatic carbocycles. The summed E-state index contributed by atoms with van der Waals surface area (Å²) in [5.74, 6) is 0.132. The van der Waals surface area contributed by atoms with Crippen LogP contribution in [0.1, 0.15) is 18.1 Å². The minimum absolute atomic E-state index is 0.132. The summed E-state index contributed by atoms with van der Waals surface area (Å²) in [6, 6.07) is 8.31. The first-order valence-electron chi connectivity index (χ1n) is 6.28. The van der Waals surface area contributed by atoms with Crippen molar-refractivity contribution < 1.29 is 4.79 Å². The number of benzene rings is 1. The number of nitrogens with one attached hydrogen (secondary N) is 1. The fourth-order valence-electron chi connectivity index (χ4n) is 1.99. The maximum atomic E-state index is 12.2. The van der Waals surface area contributed by atoms with Crippen LogP contribution in [0, 0.1) is 6.92 Å². The summed E-state index contributed by atoms with van der Waals surface area (Å²) in [6.45, 7) is 6.37. The van der Waals surface area contributed by atoms with Crippen molar-refractivity contribution in [3.63, 3.8) is 0 Å². The van der Waals surface area contributed by atoms with Crippen molar-refractivity contribution in [3.8, 4) is 0 Å². The second kappa shape index (κ2) is 5.36. The Morgan fingerprint density at radius 3 is 2.39 bits per heavy atom. The molecule has 1 aliphatic rings. The van der Waals surface area contributed by atoms with Gasteiger partial charge in [-0.1, -0.05) is 29.8 Å². The molecule has 0 atom stereocenters. The number of hydrogen-bond acceptors (Lipinski definition) is 2. The maximum Gasteiger partial charge on any atom is 0.249 e. The molecule has 1 amide bonds. The van der Waals surface area contributed by atoms with E-state index in [4.69, 9.17) is 0 Å². The SMILES string of the molecule is CC(C(=O)N(C)Cc1ccc(C)cc1)=C1CNC1. The first-order chi connectivity index (χ1) is 8.58. The highest BCUT2D eigenvalue weighted by Gasteiger charge is 2.18. The Bertz CT molecular complexity index is 468. The molecule has 1 aromatic rings. The lowest BCUT2D eigenvalue weighted by molar-refractivity contribution is -0.126. The minimum Gasteiger partial charge on any atom is -0.338 e. The molecule has 0 spiro atoms. The third kappa shape index (κ3) is 2.79. The lowest BCUT2D eigenvalue weighted by Gasteiger charge is -2.24. The van der Waals surface area contributed by atoms with Gasteiger partial charge < -0.3 is 10.2 Å². The van der Waals surface area contributed by atoms with Gasteiger partial charge in [0.2, 0.25) is 5.91 Å². The lowest BCUT2D eigenvalue weighted by Crippen LogP contribution is -2.38. The van der Waals surface area contributed by atoms with Crippen molar-refractivity contribution in [2.24, 2.45) is 0 Å². The van der Waals surface area contributed by atoms with Crippen LogP contribution < -0.4 is 5.32 Å². The molecule has 1 aliphatic heterocycles. The van der Waals surface area contributed by atoms with Crippen molar-refractivity contribution >= 4 is 5.91 Å². The normalized spacial score (nSPS) is 14.1. The Kier molecular flexibility index (Phi) is 3.82. The molecule has 0 aliphatic carbocycles. The van der Waals surface area contributed by atoms with Gasteiger partial charge in [-0.2, -0.15) is 0 Å². The predicted octanol–water partition coefficient (Wildman–Crippen LogP) is 1.87. The lowest BCUT2D eigenvalue weighted by atomic mass is 10.0. The predicted molar refractivity (Wildman–Crippen MR) is 73.2 cm³/mol. The van der Waals surface area contributed by atoms with E-state index in [9.17, 15) is 4.79 Å². The van der Waals surface area contributed by atoms with Gasteiger partial charge in [-0.25, -0.2) is 0 Å². The molecule has 1 fully saturated rings. The van der Waals surface area contributed by atoms with Gasteiger partial charge in [-0.15, -0.1) is 0 Å². The van der Waals surface area contributed by atoms with E-state index < -0.39 is 0 Å². The average Bonchev–Trinajstić information content (AvgIpc) is 2.28. The third-order valence-electron chi connectivity index (χ3n) is 3.41. The highest BCUT2D eigenvalue weighted by molar-refractivity contribution is 5.93. The summed E-state index contributed by atoms with van der Waals surface area (Å²) in [5.41, 5.74) is 4.53. The zero-order valence-corrected chi connectivity index (χ0v) is 11.3. The molecule has 0 saturated carbocycles. The molecule has 0 radical (unpaired) electrons. The zero-order valence-electron chi connectivity index (χ0n) is 11.3. The monoisotopic (exact) mass is 244 g/mol. The molecule has 1 N–H and O–H groups in total. The summed E-state index contributed by atoms with van der Waals surface area (Å²) in [7, 11) is 1.86. The molecule has 18 heavy (non-hydrogen) atoms. The molecule has 0 unspecified atom stereocenters. The van der Waals surface area contributed by atoms with Crippen molar-refractivity contribution in [2.75, 3.05) is 20.1 Å². The van der Waals surface area contributed by atoms with Crippen LogP contribution >= 0.6 is 0 Å². The summed E-state index contributed by atoms with van der Waals surface area (Å²) in [6.07, 6.45) is 0. The Morgan fingerprint density at radius 1 is 1.28 bits per heavy atom. The standard InChI is InChI=1S/C15H20N2O/c1-11-4-6-13(7-5-11)10-17(3)15(18)12(2)14-8-16-9-14/h4-7,16H,8-10H2,1-3H3. The van der Waals surface area contributed by atoms with E-state index in [2.05, 4.69) is 36.5 Å². The van der Waals surface area contributed by atoms with Gasteiger partial charge in [0, 0.05) is 32.3 Å². The highest BCUT2D eigenvalue weighted by Crippen LogP contribution is 2.13. The number of amides is 1. The molecular formula is C15H20N2O. The molecule has 3 nitrogen and oxygen atoms in total. The van der Waals surface area contributed by atoms with Crippen LogP contribution in [0.3, 0.4) is 0 Å². The van der Waals surface area contributed by atoms with E-state index >= 15 is 0 Å². The Morgan fingerprint density at radius 2 is 1.89 bits per heavy atom. The number of rotatable bonds is 3. The number of hydrogen-bond donors (Lipinski definition) is 1. The van der Waals surface area contributed by atoms with E-state index in [1.807, 2.05) is 14.0 Å². The van der Waals surface area contributed by atoms with Crippen molar-refractivity contribution in [3.05, 3.63) is 46.5 Å². The summed E-state index contributed by atoms with van der Waals surface area (Å²) in [4.78, 5) is 14.0. The molecule has 0 aromatic heterocycles. The Balaban J connectivity index is 2.01. The molecule has 0 bridgehead atoms. The molecular weight excluding hydrogens is 224 g/mol. The van der Waals surface area contributed by atoms with E-state index in [0.717, 1.165) is 18.7 Å². The molecule has 2 rings (SSSR count). The smallest absolute Gasteiger partial charge is 0.249 e. The van der Waals surface area contributed by atoms with Gasteiger partial charge in [0.25, 0.3) is 0 Å². The van der Waals surface area contributed by atoms with E-state index in [-0.39, 0.29) is 5.91 Å². The Hall–Kier alpha value is -1.61. The summed E-state index contributed by atoms with van der Waals surface area (Å²) < 4.78 is 0. The van der Waals surface area contributed by atoms with Crippen LogP contribution in [0.4, 0.5) is 0 Å². The number of nitrogens with zero attached hydrogens (tertiary/aromatic N) is 1. The van der Waals surface area contributed by atoms with Crippen LogP contribution in [0.15, 0.2) is 35.4 Å². The Labute approximate surface area is 108 Å². The summed E-state index contributed by atoms with van der Waals surface area (Å²) in [5, 5.41) is 3.16. The van der Waals surface area contributed by atoms with Crippen molar-refractivity contribution in [1.82, 2.24) is 10.2 Å². The molecule has 96 valence electrons.